The number of anilines is 1. The maximum absolute atomic E-state index is 13.9. The topological polar surface area (TPSA) is 86.8 Å². The molecule has 2 amide bonds. The number of amides is 2. The summed E-state index contributed by atoms with van der Waals surface area (Å²) in [5, 5.41) is 3.59. The van der Waals surface area contributed by atoms with Crippen molar-refractivity contribution in [2.75, 3.05) is 17.4 Å². The lowest BCUT2D eigenvalue weighted by Gasteiger charge is -2.32. The lowest BCUT2D eigenvalue weighted by Crippen LogP contribution is -2.51. The van der Waals surface area contributed by atoms with Gasteiger partial charge >= 0.3 is 0 Å². The number of hydrogen-bond acceptors (Lipinski definition) is 4. The second-order valence-corrected chi connectivity index (χ2v) is 12.0. The smallest absolute Gasteiger partial charge is 0.264 e. The summed E-state index contributed by atoms with van der Waals surface area (Å²) in [6, 6.07) is 18.1. The van der Waals surface area contributed by atoms with Crippen molar-refractivity contribution in [3.05, 3.63) is 93.4 Å². The molecule has 0 unspecified atom stereocenters. The fraction of sp³-hybridized carbons (Fsp3) is 0.286. The second-order valence-electron chi connectivity index (χ2n) is 8.85. The van der Waals surface area contributed by atoms with Crippen LogP contribution in [0.4, 0.5) is 5.69 Å². The van der Waals surface area contributed by atoms with Gasteiger partial charge in [0.1, 0.15) is 12.6 Å². The number of unbranched alkanes of at least 4 members (excludes halogenated alkanes) is 1. The number of benzene rings is 3. The van der Waals surface area contributed by atoms with Gasteiger partial charge in [-0.3, -0.25) is 13.9 Å². The Hall–Kier alpha value is -2.78. The second kappa shape index (κ2) is 14.0. The first-order chi connectivity index (χ1) is 18.6. The van der Waals surface area contributed by atoms with E-state index < -0.39 is 28.5 Å². The zero-order chi connectivity index (χ0) is 28.6. The van der Waals surface area contributed by atoms with E-state index in [2.05, 4.69) is 5.32 Å². The highest BCUT2D eigenvalue weighted by Crippen LogP contribution is 2.33. The molecule has 7 nitrogen and oxygen atoms in total. The van der Waals surface area contributed by atoms with E-state index in [4.69, 9.17) is 34.8 Å². The van der Waals surface area contributed by atoms with Gasteiger partial charge in [-0.05, 0) is 55.3 Å². The molecule has 0 bridgehead atoms. The van der Waals surface area contributed by atoms with Crippen molar-refractivity contribution in [3.8, 4) is 0 Å². The summed E-state index contributed by atoms with van der Waals surface area (Å²) in [6.07, 6.45) is 1.68. The molecule has 0 fully saturated rings. The van der Waals surface area contributed by atoms with Crippen LogP contribution < -0.4 is 9.62 Å². The molecule has 1 N–H and O–H groups in total. The minimum atomic E-state index is -4.25. The molecule has 3 rings (SSSR count). The molecule has 0 saturated heterocycles. The van der Waals surface area contributed by atoms with Crippen molar-refractivity contribution in [2.24, 2.45) is 0 Å². The van der Waals surface area contributed by atoms with Gasteiger partial charge in [0.05, 0.1) is 15.6 Å². The molecule has 0 radical (unpaired) electrons. The van der Waals surface area contributed by atoms with Crippen molar-refractivity contribution in [1.82, 2.24) is 10.2 Å². The largest absolute Gasteiger partial charge is 0.354 e. The Morgan fingerprint density at radius 3 is 2.26 bits per heavy atom. The molecule has 0 aliphatic heterocycles. The van der Waals surface area contributed by atoms with E-state index in [1.165, 1.54) is 35.2 Å². The molecule has 0 aliphatic carbocycles. The molecule has 0 heterocycles. The average molecular weight is 611 g/mol. The minimum absolute atomic E-state index is 0.0105. The normalized spacial score (nSPS) is 12.0. The number of carbonyl (C=O) groups is 2. The highest BCUT2D eigenvalue weighted by molar-refractivity contribution is 7.92. The van der Waals surface area contributed by atoms with Crippen LogP contribution in [0.25, 0.3) is 0 Å². The summed E-state index contributed by atoms with van der Waals surface area (Å²) in [6.45, 7) is 3.42. The van der Waals surface area contributed by atoms with Gasteiger partial charge in [-0.15, -0.1) is 0 Å². The SMILES string of the molecule is CCCCNC(=O)[C@@H](C)N(Cc1ccccc1Cl)C(=O)CN(c1cc(Cl)ccc1Cl)S(=O)(=O)c1ccccc1. The molecule has 1 atom stereocenters. The third-order valence-corrected chi connectivity index (χ3v) is 8.78. The summed E-state index contributed by atoms with van der Waals surface area (Å²) in [4.78, 5) is 28.2. The van der Waals surface area contributed by atoms with Crippen LogP contribution in [0, 0.1) is 0 Å². The first-order valence-electron chi connectivity index (χ1n) is 12.4. The van der Waals surface area contributed by atoms with E-state index in [9.17, 15) is 18.0 Å². The zero-order valence-corrected chi connectivity index (χ0v) is 24.7. The molecule has 11 heteroatoms. The van der Waals surface area contributed by atoms with Gasteiger partial charge in [-0.25, -0.2) is 8.42 Å². The van der Waals surface area contributed by atoms with Crippen molar-refractivity contribution >= 4 is 62.3 Å². The fourth-order valence-corrected chi connectivity index (χ4v) is 5.92. The Balaban J connectivity index is 2.04. The Labute approximate surface area is 244 Å². The van der Waals surface area contributed by atoms with Crippen LogP contribution in [-0.2, 0) is 26.2 Å². The highest BCUT2D eigenvalue weighted by Gasteiger charge is 2.33. The fourth-order valence-electron chi connectivity index (χ4n) is 3.84. The number of sulfonamides is 1. The Kier molecular flexibility index (Phi) is 11.1. The molecule has 0 saturated carbocycles. The first kappa shape index (κ1) is 30.8. The maximum atomic E-state index is 13.9. The van der Waals surface area contributed by atoms with Gasteiger partial charge < -0.3 is 10.2 Å². The number of nitrogens with zero attached hydrogens (tertiary/aromatic N) is 2. The molecule has 3 aromatic carbocycles. The van der Waals surface area contributed by atoms with Crippen LogP contribution in [0.3, 0.4) is 0 Å². The van der Waals surface area contributed by atoms with E-state index >= 15 is 0 Å². The third-order valence-electron chi connectivity index (χ3n) is 6.08. The van der Waals surface area contributed by atoms with E-state index in [1.807, 2.05) is 6.92 Å². The number of halogens is 3. The summed E-state index contributed by atoms with van der Waals surface area (Å²) < 4.78 is 28.5. The quantitative estimate of drug-likeness (QED) is 0.248. The lowest BCUT2D eigenvalue weighted by molar-refractivity contribution is -0.139. The van der Waals surface area contributed by atoms with Gasteiger partial charge in [0.25, 0.3) is 10.0 Å². The van der Waals surface area contributed by atoms with Gasteiger partial charge in [-0.2, -0.15) is 0 Å². The lowest BCUT2D eigenvalue weighted by atomic mass is 10.1. The predicted octanol–water partition coefficient (Wildman–Crippen LogP) is 6.18. The molecule has 0 spiro atoms. The summed E-state index contributed by atoms with van der Waals surface area (Å²) in [7, 11) is -4.25. The molecule has 0 aromatic heterocycles. The molecular formula is C28H30Cl3N3O4S. The monoisotopic (exact) mass is 609 g/mol. The Morgan fingerprint density at radius 1 is 0.923 bits per heavy atom. The molecule has 0 aliphatic rings. The number of carbonyl (C=O) groups excluding carboxylic acids is 2. The Bertz CT molecular complexity index is 1400. The predicted molar refractivity (Wildman–Crippen MR) is 157 cm³/mol. The first-order valence-corrected chi connectivity index (χ1v) is 15.0. The van der Waals surface area contributed by atoms with Gasteiger partial charge in [0, 0.05) is 23.1 Å². The van der Waals surface area contributed by atoms with Crippen molar-refractivity contribution in [2.45, 2.75) is 44.2 Å². The minimum Gasteiger partial charge on any atom is -0.354 e. The van der Waals surface area contributed by atoms with Crippen LogP contribution in [0.5, 0.6) is 0 Å². The summed E-state index contributed by atoms with van der Waals surface area (Å²) in [5.74, 6) is -0.981. The van der Waals surface area contributed by atoms with Crippen LogP contribution in [0.1, 0.15) is 32.3 Å². The summed E-state index contributed by atoms with van der Waals surface area (Å²) >= 11 is 19.0. The highest BCUT2D eigenvalue weighted by atomic mass is 35.5. The molecular weight excluding hydrogens is 581 g/mol. The number of hydrogen-bond donors (Lipinski definition) is 1. The van der Waals surface area contributed by atoms with Crippen molar-refractivity contribution < 1.29 is 18.0 Å². The van der Waals surface area contributed by atoms with Crippen LogP contribution in [-0.4, -0.2) is 44.3 Å². The van der Waals surface area contributed by atoms with Gasteiger partial charge in [0.15, 0.2) is 0 Å². The standard InChI is InChI=1S/C28H30Cl3N3O4S/c1-3-4-16-32-28(36)20(2)33(18-21-10-8-9-13-24(21)30)27(35)19-34(26-17-22(29)14-15-25(26)31)39(37,38)23-11-6-5-7-12-23/h5-15,17,20H,3-4,16,18-19H2,1-2H3,(H,32,36)/t20-/m1/s1. The average Bonchev–Trinajstić information content (AvgIpc) is 2.92. The summed E-state index contributed by atoms with van der Waals surface area (Å²) in [5.41, 5.74) is 0.651. The van der Waals surface area contributed by atoms with E-state index in [0.29, 0.717) is 17.1 Å². The van der Waals surface area contributed by atoms with Crippen molar-refractivity contribution in [1.29, 1.82) is 0 Å². The Morgan fingerprint density at radius 2 is 1.59 bits per heavy atom. The number of rotatable bonds is 12. The van der Waals surface area contributed by atoms with Gasteiger partial charge in [-0.1, -0.05) is 84.5 Å². The molecule has 208 valence electrons. The van der Waals surface area contributed by atoms with Crippen LogP contribution in [0.15, 0.2) is 77.7 Å². The maximum Gasteiger partial charge on any atom is 0.264 e. The molecule has 39 heavy (non-hydrogen) atoms. The number of nitrogens with one attached hydrogen (secondary N) is 1. The van der Waals surface area contributed by atoms with E-state index in [0.717, 1.165) is 17.1 Å². The van der Waals surface area contributed by atoms with Crippen LogP contribution in [0.2, 0.25) is 15.1 Å². The van der Waals surface area contributed by atoms with Crippen molar-refractivity contribution in [3.63, 3.8) is 0 Å². The van der Waals surface area contributed by atoms with Gasteiger partial charge in [0.2, 0.25) is 11.8 Å². The third kappa shape index (κ3) is 7.88. The van der Waals surface area contributed by atoms with E-state index in [-0.39, 0.29) is 33.1 Å². The zero-order valence-electron chi connectivity index (χ0n) is 21.6. The van der Waals surface area contributed by atoms with E-state index in [1.54, 1.807) is 49.4 Å². The van der Waals surface area contributed by atoms with Crippen LogP contribution >= 0.6 is 34.8 Å². The molecule has 3 aromatic rings.